The van der Waals surface area contributed by atoms with Gasteiger partial charge in [0.25, 0.3) is 0 Å². The first-order valence-corrected chi connectivity index (χ1v) is 21.9. The monoisotopic (exact) mass is 860 g/mol. The van der Waals surface area contributed by atoms with Crippen LogP contribution in [0.4, 0.5) is 9.59 Å². The van der Waals surface area contributed by atoms with E-state index in [9.17, 15) is 38.4 Å². The molecule has 1 saturated carbocycles. The lowest BCUT2D eigenvalue weighted by Gasteiger charge is -2.30. The van der Waals surface area contributed by atoms with Crippen molar-refractivity contribution >= 4 is 53.1 Å². The summed E-state index contributed by atoms with van der Waals surface area (Å²) in [6.07, 6.45) is 9.19. The number of carbonyl (C=O) groups excluding carboxylic acids is 8. The molecule has 4 amide bonds. The fourth-order valence-electron chi connectivity index (χ4n) is 9.89. The first-order chi connectivity index (χ1) is 29.7. The molecule has 6 atom stereocenters. The molecule has 0 aromatic heterocycles. The van der Waals surface area contributed by atoms with E-state index < -0.39 is 73.3 Å². The number of ketones is 2. The number of alkyl carbamates (subject to hydrolysis) is 2. The summed E-state index contributed by atoms with van der Waals surface area (Å²) in [5.41, 5.74) is 5.28. The summed E-state index contributed by atoms with van der Waals surface area (Å²) in [5.74, 6) is -3.24. The average molecular weight is 861 g/mol. The third kappa shape index (κ3) is 9.73. The Morgan fingerprint density at radius 3 is 1.68 bits per heavy atom. The highest BCUT2D eigenvalue weighted by Gasteiger charge is 2.43. The number of nitrogens with one attached hydrogen (secondary N) is 2. The summed E-state index contributed by atoms with van der Waals surface area (Å²) >= 11 is 0. The number of rotatable bonds is 15. The number of benzene rings is 1. The topological polar surface area (TPSA) is 204 Å². The van der Waals surface area contributed by atoms with Gasteiger partial charge in [-0.1, -0.05) is 58.4 Å². The molecule has 16 heteroatoms. The predicted molar refractivity (Wildman–Crippen MR) is 224 cm³/mol. The van der Waals surface area contributed by atoms with Crippen molar-refractivity contribution in [3.8, 4) is 0 Å². The van der Waals surface area contributed by atoms with Crippen LogP contribution in [0.2, 0.25) is 0 Å². The zero-order valence-corrected chi connectivity index (χ0v) is 36.6. The van der Waals surface area contributed by atoms with E-state index in [0.717, 1.165) is 54.4 Å². The first kappa shape index (κ1) is 46.0. The zero-order chi connectivity index (χ0) is 44.8. The van der Waals surface area contributed by atoms with E-state index in [1.54, 1.807) is 33.8 Å². The zero-order valence-electron chi connectivity index (χ0n) is 36.6. The molecule has 2 N–H and O–H groups in total. The molecule has 336 valence electrons. The minimum absolute atomic E-state index is 0.0613. The van der Waals surface area contributed by atoms with Crippen molar-refractivity contribution in [2.24, 2.45) is 23.7 Å². The van der Waals surface area contributed by atoms with Crippen molar-refractivity contribution < 1.29 is 57.3 Å². The molecule has 16 nitrogen and oxygen atoms in total. The molecule has 0 bridgehead atoms. The van der Waals surface area contributed by atoms with Crippen LogP contribution in [0.15, 0.2) is 29.9 Å². The molecule has 1 aromatic rings. The molecular weight excluding hydrogens is 801 g/mol. The van der Waals surface area contributed by atoms with E-state index in [4.69, 9.17) is 9.47 Å². The maximum atomic E-state index is 13.7. The molecule has 1 aromatic carbocycles. The van der Waals surface area contributed by atoms with E-state index in [2.05, 4.69) is 20.1 Å². The number of hydrogen-bond donors (Lipinski definition) is 2. The Labute approximate surface area is 362 Å². The second kappa shape index (κ2) is 20.1. The number of amides is 4. The molecule has 62 heavy (non-hydrogen) atoms. The maximum Gasteiger partial charge on any atom is 0.407 e. The van der Waals surface area contributed by atoms with Crippen molar-refractivity contribution in [1.29, 1.82) is 0 Å². The van der Waals surface area contributed by atoms with Crippen molar-refractivity contribution in [2.75, 3.05) is 40.5 Å². The summed E-state index contributed by atoms with van der Waals surface area (Å²) in [6.45, 7) is 6.89. The number of Topliss-reactive ketones (excluding diaryl/α,β-unsaturated/α-hetero) is 2. The highest BCUT2D eigenvalue weighted by atomic mass is 16.6. The second-order valence-corrected chi connectivity index (χ2v) is 17.5. The van der Waals surface area contributed by atoms with Crippen molar-refractivity contribution in [1.82, 2.24) is 20.4 Å². The SMILES string of the molecule is COC(=O)NC(C(=O)N1CCCC1C(=O)OCC(=O)C1=CC=C(c2ccc(C(=O)COC(=O)C3CCCN3C(=O)C(NC(=O)OC)C(C)C)c3c2CCC3)C2CCCC12)C(C)C. The summed E-state index contributed by atoms with van der Waals surface area (Å²) in [6, 6.07) is 0.256. The largest absolute Gasteiger partial charge is 0.456 e. The normalized spacial score (nSPS) is 22.5. The molecule has 5 aliphatic rings. The minimum atomic E-state index is -0.888. The Morgan fingerprint density at radius 1 is 0.629 bits per heavy atom. The first-order valence-electron chi connectivity index (χ1n) is 21.9. The Kier molecular flexibility index (Phi) is 14.9. The van der Waals surface area contributed by atoms with Gasteiger partial charge in [0.1, 0.15) is 24.2 Å². The molecule has 6 unspecified atom stereocenters. The van der Waals surface area contributed by atoms with Crippen LogP contribution in [0.3, 0.4) is 0 Å². The van der Waals surface area contributed by atoms with Crippen LogP contribution in [0.5, 0.6) is 0 Å². The average Bonchev–Trinajstić information content (AvgIpc) is 4.11. The van der Waals surface area contributed by atoms with Gasteiger partial charge in [0.05, 0.1) is 14.2 Å². The van der Waals surface area contributed by atoms with Gasteiger partial charge in [-0.05, 0) is 104 Å². The minimum Gasteiger partial charge on any atom is -0.456 e. The van der Waals surface area contributed by atoms with E-state index in [-0.39, 0.29) is 35.2 Å². The van der Waals surface area contributed by atoms with Crippen molar-refractivity contribution in [2.45, 2.75) is 116 Å². The highest BCUT2D eigenvalue weighted by Crippen LogP contribution is 2.49. The second-order valence-electron chi connectivity index (χ2n) is 17.5. The molecule has 3 aliphatic carbocycles. The lowest BCUT2D eigenvalue weighted by atomic mass is 9.74. The van der Waals surface area contributed by atoms with Gasteiger partial charge >= 0.3 is 24.1 Å². The van der Waals surface area contributed by atoms with Gasteiger partial charge in [-0.15, -0.1) is 0 Å². The summed E-state index contributed by atoms with van der Waals surface area (Å²) in [7, 11) is 2.43. The molecule has 2 aliphatic heterocycles. The Bertz CT molecular complexity index is 2020. The van der Waals surface area contributed by atoms with Crippen LogP contribution in [-0.2, 0) is 55.8 Å². The molecule has 2 saturated heterocycles. The molecule has 6 rings (SSSR count). The van der Waals surface area contributed by atoms with Gasteiger partial charge in [0.2, 0.25) is 17.6 Å². The van der Waals surface area contributed by atoms with Crippen LogP contribution in [0, 0.1) is 23.7 Å². The Morgan fingerprint density at radius 2 is 1.15 bits per heavy atom. The molecule has 3 fully saturated rings. The number of esters is 2. The lowest BCUT2D eigenvalue weighted by Crippen LogP contribution is -2.54. The molecular formula is C46H60N4O12. The highest BCUT2D eigenvalue weighted by molar-refractivity contribution is 6.02. The van der Waals surface area contributed by atoms with Gasteiger partial charge in [-0.25, -0.2) is 19.2 Å². The molecule has 0 radical (unpaired) electrons. The lowest BCUT2D eigenvalue weighted by molar-refractivity contribution is -0.156. The number of methoxy groups -OCH3 is 2. The number of nitrogens with zero attached hydrogens (tertiary/aromatic N) is 2. The molecule has 2 heterocycles. The van der Waals surface area contributed by atoms with Crippen LogP contribution < -0.4 is 10.6 Å². The smallest absolute Gasteiger partial charge is 0.407 e. The standard InChI is InChI=1S/C46H60N4O12/c1-25(2)39(47-45(57)59-5)41(53)49-21-9-15-35(49)43(55)61-23-37(51)33-19-17-31(27-11-7-13-29(27)33)32-18-20-34(30-14-8-12-28(30)32)38(52)24-62-44(56)36-16-10-22-50(36)42(54)40(26(3)4)48-46(58)60-6/h17-20,25-27,29,35-36,39-40H,7-16,21-24H2,1-6H3,(H,47,57)(H,48,58). The van der Waals surface area contributed by atoms with Crippen LogP contribution in [0.1, 0.15) is 106 Å². The quantitative estimate of drug-likeness (QED) is 0.142. The van der Waals surface area contributed by atoms with Crippen LogP contribution in [-0.4, -0.2) is 122 Å². The number of hydrogen-bond acceptors (Lipinski definition) is 12. The van der Waals surface area contributed by atoms with E-state index in [0.29, 0.717) is 56.3 Å². The number of ether oxygens (including phenoxy) is 4. The fraction of sp³-hybridized carbons (Fsp3) is 0.609. The Balaban J connectivity index is 1.10. The van der Waals surface area contributed by atoms with Crippen molar-refractivity contribution in [3.63, 3.8) is 0 Å². The van der Waals surface area contributed by atoms with Crippen LogP contribution >= 0.6 is 0 Å². The Hall–Kier alpha value is -5.54. The fourth-order valence-corrected chi connectivity index (χ4v) is 9.89. The van der Waals surface area contributed by atoms with Gasteiger partial charge in [-0.3, -0.25) is 19.2 Å². The number of allylic oxidation sites excluding steroid dienone is 3. The van der Waals surface area contributed by atoms with Gasteiger partial charge in [-0.2, -0.15) is 0 Å². The third-order valence-corrected chi connectivity index (χ3v) is 13.1. The summed E-state index contributed by atoms with van der Waals surface area (Å²) < 4.78 is 20.5. The summed E-state index contributed by atoms with van der Waals surface area (Å²) in [5, 5.41) is 5.12. The predicted octanol–water partition coefficient (Wildman–Crippen LogP) is 4.50. The van der Waals surface area contributed by atoms with E-state index >= 15 is 0 Å². The number of likely N-dealkylation sites (tertiary alicyclic amines) is 2. The summed E-state index contributed by atoms with van der Waals surface area (Å²) in [4.78, 5) is 108. The molecule has 0 spiro atoms. The van der Waals surface area contributed by atoms with Gasteiger partial charge in [0.15, 0.2) is 19.0 Å². The van der Waals surface area contributed by atoms with E-state index in [1.165, 1.54) is 24.0 Å². The van der Waals surface area contributed by atoms with Crippen molar-refractivity contribution in [3.05, 3.63) is 52.1 Å². The maximum absolute atomic E-state index is 13.7. The van der Waals surface area contributed by atoms with Crippen LogP contribution in [0.25, 0.3) is 5.57 Å². The van der Waals surface area contributed by atoms with Gasteiger partial charge in [0, 0.05) is 24.2 Å². The number of carbonyl (C=O) groups is 8. The number of fused-ring (bicyclic) bond motifs is 2. The van der Waals surface area contributed by atoms with E-state index in [1.807, 2.05) is 18.2 Å². The van der Waals surface area contributed by atoms with Gasteiger partial charge < -0.3 is 39.4 Å². The third-order valence-electron chi connectivity index (χ3n) is 13.1.